The summed E-state index contributed by atoms with van der Waals surface area (Å²) in [5.74, 6) is -0.448. The molecule has 0 spiro atoms. The topological polar surface area (TPSA) is 65.1 Å². The quantitative estimate of drug-likeness (QED) is 0.451. The van der Waals surface area contributed by atoms with Crippen LogP contribution in [0.2, 0.25) is 5.02 Å². The largest absolute Gasteiger partial charge is 0.387 e. The number of nitrogens with one attached hydrogen (secondary N) is 2. The second-order valence-corrected chi connectivity index (χ2v) is 7.45. The lowest BCUT2D eigenvalue weighted by molar-refractivity contribution is -0.122. The number of aliphatic hydroxyl groups excluding tert-OH is 1. The summed E-state index contributed by atoms with van der Waals surface area (Å²) in [6, 6.07) is 21.1. The Morgan fingerprint density at radius 1 is 1.00 bits per heavy atom. The highest BCUT2D eigenvalue weighted by Gasteiger charge is 2.18. The van der Waals surface area contributed by atoms with Gasteiger partial charge in [0.15, 0.2) is 0 Å². The maximum absolute atomic E-state index is 12.6. The van der Waals surface area contributed by atoms with E-state index in [2.05, 4.69) is 10.3 Å². The third kappa shape index (κ3) is 3.61. The maximum Gasteiger partial charge on any atom is 0.227 e. The highest BCUT2D eigenvalue weighted by atomic mass is 35.5. The van der Waals surface area contributed by atoms with Crippen LogP contribution in [0.15, 0.2) is 66.7 Å². The van der Waals surface area contributed by atoms with Crippen LogP contribution in [0.1, 0.15) is 30.1 Å². The third-order valence-corrected chi connectivity index (χ3v) is 5.37. The number of amides is 1. The van der Waals surface area contributed by atoms with Gasteiger partial charge < -0.3 is 15.4 Å². The van der Waals surface area contributed by atoms with Crippen molar-refractivity contribution in [3.05, 3.63) is 82.9 Å². The minimum atomic E-state index is -0.724. The van der Waals surface area contributed by atoms with Crippen LogP contribution in [0.5, 0.6) is 0 Å². The van der Waals surface area contributed by atoms with Gasteiger partial charge in [0.1, 0.15) is 0 Å². The van der Waals surface area contributed by atoms with E-state index < -0.39 is 6.10 Å². The fourth-order valence-corrected chi connectivity index (χ4v) is 3.63. The maximum atomic E-state index is 12.6. The van der Waals surface area contributed by atoms with Crippen molar-refractivity contribution in [1.29, 1.82) is 0 Å². The minimum absolute atomic E-state index is 0.117. The van der Waals surface area contributed by atoms with Gasteiger partial charge in [-0.2, -0.15) is 0 Å². The van der Waals surface area contributed by atoms with Crippen LogP contribution in [-0.2, 0) is 4.79 Å². The van der Waals surface area contributed by atoms with E-state index in [0.717, 1.165) is 32.9 Å². The van der Waals surface area contributed by atoms with Crippen molar-refractivity contribution in [2.75, 3.05) is 6.54 Å². The fourth-order valence-electron chi connectivity index (χ4n) is 3.46. The molecule has 0 aliphatic heterocycles. The second-order valence-electron chi connectivity index (χ2n) is 7.01. The average molecular weight is 393 g/mol. The van der Waals surface area contributed by atoms with Gasteiger partial charge >= 0.3 is 0 Å². The smallest absolute Gasteiger partial charge is 0.227 e. The zero-order chi connectivity index (χ0) is 19.7. The van der Waals surface area contributed by atoms with E-state index in [4.69, 9.17) is 11.6 Å². The number of rotatable bonds is 5. The van der Waals surface area contributed by atoms with Crippen molar-refractivity contribution in [1.82, 2.24) is 10.3 Å². The molecule has 1 amide bonds. The van der Waals surface area contributed by atoms with Gasteiger partial charge in [0.2, 0.25) is 5.91 Å². The number of benzene rings is 3. The molecule has 3 aromatic carbocycles. The Morgan fingerprint density at radius 3 is 2.57 bits per heavy atom. The van der Waals surface area contributed by atoms with Crippen LogP contribution in [0.4, 0.5) is 0 Å². The van der Waals surface area contributed by atoms with Gasteiger partial charge in [-0.25, -0.2) is 0 Å². The predicted molar refractivity (Wildman–Crippen MR) is 114 cm³/mol. The van der Waals surface area contributed by atoms with Crippen LogP contribution in [-0.4, -0.2) is 22.5 Å². The highest BCUT2D eigenvalue weighted by Crippen LogP contribution is 2.30. The number of hydrogen-bond donors (Lipinski definition) is 3. The number of aromatic amines is 1. The molecule has 0 aliphatic carbocycles. The Hall–Kier alpha value is -2.82. The first-order valence-electron chi connectivity index (χ1n) is 9.24. The summed E-state index contributed by atoms with van der Waals surface area (Å²) in [6.45, 7) is 2.05. The van der Waals surface area contributed by atoms with Crippen molar-refractivity contribution >= 4 is 39.3 Å². The molecule has 0 radical (unpaired) electrons. The Bertz CT molecular complexity index is 1140. The molecule has 2 atom stereocenters. The number of H-pyrrole nitrogens is 1. The first-order chi connectivity index (χ1) is 13.5. The molecule has 0 fully saturated rings. The molecule has 5 heteroatoms. The van der Waals surface area contributed by atoms with Crippen molar-refractivity contribution in [3.63, 3.8) is 0 Å². The average Bonchev–Trinajstić information content (AvgIpc) is 3.08. The molecule has 1 aromatic heterocycles. The van der Waals surface area contributed by atoms with E-state index >= 15 is 0 Å². The fraction of sp³-hybridized carbons (Fsp3) is 0.174. The summed E-state index contributed by atoms with van der Waals surface area (Å²) >= 11 is 6.12. The van der Waals surface area contributed by atoms with E-state index in [1.807, 2.05) is 73.7 Å². The van der Waals surface area contributed by atoms with Crippen LogP contribution in [0.3, 0.4) is 0 Å². The normalized spacial score (nSPS) is 13.5. The number of halogens is 1. The molecule has 28 heavy (non-hydrogen) atoms. The van der Waals surface area contributed by atoms with Crippen molar-refractivity contribution < 1.29 is 9.90 Å². The van der Waals surface area contributed by atoms with Gasteiger partial charge in [-0.05, 0) is 42.3 Å². The van der Waals surface area contributed by atoms with Crippen molar-refractivity contribution in [2.45, 2.75) is 18.9 Å². The molecular weight excluding hydrogens is 372 g/mol. The van der Waals surface area contributed by atoms with Crippen molar-refractivity contribution in [3.8, 4) is 0 Å². The van der Waals surface area contributed by atoms with E-state index in [0.29, 0.717) is 5.02 Å². The zero-order valence-corrected chi connectivity index (χ0v) is 16.2. The minimum Gasteiger partial charge on any atom is -0.387 e. The molecular formula is C23H21ClN2O2. The molecule has 0 saturated heterocycles. The SMILES string of the molecule is C[C@@H](C(=O)NC[C@@H](O)c1ccccc1)c1ccc2c(c1)[nH]c1ccc(Cl)cc12. The number of carbonyl (C=O) groups is 1. The molecule has 0 unspecified atom stereocenters. The number of fused-ring (bicyclic) bond motifs is 3. The van der Waals surface area contributed by atoms with Crippen LogP contribution >= 0.6 is 11.6 Å². The summed E-state index contributed by atoms with van der Waals surface area (Å²) in [7, 11) is 0. The number of carbonyl (C=O) groups excluding carboxylic acids is 1. The van der Waals surface area contributed by atoms with Crippen molar-refractivity contribution in [2.24, 2.45) is 0 Å². The van der Waals surface area contributed by atoms with Gasteiger partial charge in [0.25, 0.3) is 0 Å². The Morgan fingerprint density at radius 2 is 1.79 bits per heavy atom. The lowest BCUT2D eigenvalue weighted by Crippen LogP contribution is -2.31. The Kier molecular flexibility index (Phi) is 5.07. The monoisotopic (exact) mass is 392 g/mol. The van der Waals surface area contributed by atoms with Gasteiger partial charge in [0, 0.05) is 33.4 Å². The standard InChI is InChI=1S/C23H21ClN2O2/c1-14(23(28)25-13-22(27)15-5-3-2-4-6-15)16-7-9-18-19-12-17(24)8-10-20(19)26-21(18)11-16/h2-12,14,22,26-27H,13H2,1H3,(H,25,28)/t14-,22-/m1/s1. The molecule has 0 saturated carbocycles. The summed E-state index contributed by atoms with van der Waals surface area (Å²) < 4.78 is 0. The number of aromatic nitrogens is 1. The summed E-state index contributed by atoms with van der Waals surface area (Å²) in [4.78, 5) is 16.0. The van der Waals surface area contributed by atoms with Gasteiger partial charge in [-0.3, -0.25) is 4.79 Å². The first kappa shape index (κ1) is 18.5. The van der Waals surface area contributed by atoms with E-state index in [1.165, 1.54) is 0 Å². The van der Waals surface area contributed by atoms with Gasteiger partial charge in [-0.1, -0.05) is 54.1 Å². The van der Waals surface area contributed by atoms with Crippen LogP contribution in [0, 0.1) is 0 Å². The lowest BCUT2D eigenvalue weighted by Gasteiger charge is -2.16. The molecule has 142 valence electrons. The van der Waals surface area contributed by atoms with E-state index in [1.54, 1.807) is 0 Å². The van der Waals surface area contributed by atoms with Crippen LogP contribution in [0.25, 0.3) is 21.8 Å². The number of hydrogen-bond acceptors (Lipinski definition) is 2. The molecule has 3 N–H and O–H groups in total. The molecule has 1 heterocycles. The lowest BCUT2D eigenvalue weighted by atomic mass is 9.98. The summed E-state index contributed by atoms with van der Waals surface area (Å²) in [5.41, 5.74) is 3.68. The summed E-state index contributed by atoms with van der Waals surface area (Å²) in [5, 5.41) is 15.9. The first-order valence-corrected chi connectivity index (χ1v) is 9.62. The summed E-state index contributed by atoms with van der Waals surface area (Å²) in [6.07, 6.45) is -0.724. The van der Waals surface area contributed by atoms with E-state index in [9.17, 15) is 9.90 Å². The molecule has 4 aromatic rings. The van der Waals surface area contributed by atoms with Gasteiger partial charge in [0.05, 0.1) is 12.0 Å². The van der Waals surface area contributed by atoms with E-state index in [-0.39, 0.29) is 18.4 Å². The third-order valence-electron chi connectivity index (χ3n) is 5.13. The molecule has 0 bridgehead atoms. The molecule has 4 rings (SSSR count). The van der Waals surface area contributed by atoms with Crippen LogP contribution < -0.4 is 5.32 Å². The Labute approximate surface area is 168 Å². The predicted octanol–water partition coefficient (Wildman–Crippen LogP) is 4.93. The Balaban J connectivity index is 1.50. The number of aliphatic hydroxyl groups is 1. The second kappa shape index (κ2) is 7.66. The van der Waals surface area contributed by atoms with Gasteiger partial charge in [-0.15, -0.1) is 0 Å². The molecule has 0 aliphatic rings. The molecule has 4 nitrogen and oxygen atoms in total. The zero-order valence-electron chi connectivity index (χ0n) is 15.4. The highest BCUT2D eigenvalue weighted by molar-refractivity contribution is 6.31.